The number of benzene rings is 1. The highest BCUT2D eigenvalue weighted by Crippen LogP contribution is 2.16. The predicted octanol–water partition coefficient (Wildman–Crippen LogP) is 3.40. The molecular formula is C18H25N3O2. The molecule has 1 aromatic carbocycles. The van der Waals surface area contributed by atoms with Crippen LogP contribution in [0.2, 0.25) is 0 Å². The van der Waals surface area contributed by atoms with Crippen molar-refractivity contribution in [1.82, 2.24) is 9.78 Å². The Hall–Kier alpha value is -2.30. The summed E-state index contributed by atoms with van der Waals surface area (Å²) >= 11 is 0. The van der Waals surface area contributed by atoms with Crippen molar-refractivity contribution in [3.8, 4) is 5.75 Å². The van der Waals surface area contributed by atoms with Gasteiger partial charge in [-0.05, 0) is 38.0 Å². The van der Waals surface area contributed by atoms with Crippen LogP contribution in [-0.2, 0) is 13.0 Å². The van der Waals surface area contributed by atoms with Crippen LogP contribution in [0.15, 0.2) is 35.3 Å². The zero-order valence-electron chi connectivity index (χ0n) is 14.3. The van der Waals surface area contributed by atoms with Crippen LogP contribution in [-0.4, -0.2) is 16.9 Å². The van der Waals surface area contributed by atoms with E-state index in [4.69, 9.17) is 4.74 Å². The standard InChI is InChI=1S/C18H25N3O2/c1-5-6-16-17(12-20-21(13(2)3)18(16)22)19-11-14-7-9-15(23-4)10-8-14/h7-10,12-13,19H,5-6,11H2,1-4H3. The summed E-state index contributed by atoms with van der Waals surface area (Å²) in [6.07, 6.45) is 3.43. The molecule has 1 heterocycles. The highest BCUT2D eigenvalue weighted by molar-refractivity contribution is 5.48. The fourth-order valence-electron chi connectivity index (χ4n) is 2.46. The number of hydrogen-bond donors (Lipinski definition) is 1. The molecule has 23 heavy (non-hydrogen) atoms. The summed E-state index contributed by atoms with van der Waals surface area (Å²) in [5.74, 6) is 0.835. The molecule has 0 aliphatic carbocycles. The molecule has 124 valence electrons. The average Bonchev–Trinajstić information content (AvgIpc) is 2.55. The van der Waals surface area contributed by atoms with E-state index in [-0.39, 0.29) is 11.6 Å². The molecule has 0 atom stereocenters. The maximum atomic E-state index is 12.6. The first-order valence-corrected chi connectivity index (χ1v) is 8.04. The van der Waals surface area contributed by atoms with Gasteiger partial charge in [0.1, 0.15) is 5.75 Å². The first-order chi connectivity index (χ1) is 11.1. The van der Waals surface area contributed by atoms with Crippen LogP contribution in [0.1, 0.15) is 44.4 Å². The molecule has 2 rings (SSSR count). The Morgan fingerprint density at radius 1 is 1.26 bits per heavy atom. The summed E-state index contributed by atoms with van der Waals surface area (Å²) in [6, 6.07) is 7.94. The van der Waals surface area contributed by atoms with Crippen LogP contribution >= 0.6 is 0 Å². The van der Waals surface area contributed by atoms with Crippen molar-refractivity contribution in [2.75, 3.05) is 12.4 Å². The van der Waals surface area contributed by atoms with E-state index < -0.39 is 0 Å². The van der Waals surface area contributed by atoms with Gasteiger partial charge in [0.15, 0.2) is 0 Å². The molecule has 0 aliphatic rings. The van der Waals surface area contributed by atoms with Gasteiger partial charge in [0.25, 0.3) is 5.56 Å². The minimum Gasteiger partial charge on any atom is -0.497 e. The van der Waals surface area contributed by atoms with Gasteiger partial charge in [-0.2, -0.15) is 5.10 Å². The van der Waals surface area contributed by atoms with Crippen LogP contribution in [0.3, 0.4) is 0 Å². The second-order valence-electron chi connectivity index (χ2n) is 5.83. The van der Waals surface area contributed by atoms with E-state index in [9.17, 15) is 4.79 Å². The van der Waals surface area contributed by atoms with Crippen LogP contribution < -0.4 is 15.6 Å². The van der Waals surface area contributed by atoms with E-state index in [0.29, 0.717) is 6.54 Å². The van der Waals surface area contributed by atoms with Crippen molar-refractivity contribution >= 4 is 5.69 Å². The van der Waals surface area contributed by atoms with Crippen LogP contribution in [0.25, 0.3) is 0 Å². The molecule has 2 aromatic rings. The Morgan fingerprint density at radius 3 is 2.52 bits per heavy atom. The van der Waals surface area contributed by atoms with E-state index in [2.05, 4.69) is 17.3 Å². The molecule has 0 saturated heterocycles. The summed E-state index contributed by atoms with van der Waals surface area (Å²) in [6.45, 7) is 6.66. The zero-order chi connectivity index (χ0) is 16.8. The minimum atomic E-state index is 0.00146. The normalized spacial score (nSPS) is 10.8. The van der Waals surface area contributed by atoms with Gasteiger partial charge in [0, 0.05) is 12.1 Å². The summed E-state index contributed by atoms with van der Waals surface area (Å²) < 4.78 is 6.71. The third-order valence-electron chi connectivity index (χ3n) is 3.73. The molecule has 0 radical (unpaired) electrons. The molecule has 0 spiro atoms. The topological polar surface area (TPSA) is 56.1 Å². The van der Waals surface area contributed by atoms with Crippen molar-refractivity contribution in [3.63, 3.8) is 0 Å². The van der Waals surface area contributed by atoms with E-state index >= 15 is 0 Å². The van der Waals surface area contributed by atoms with E-state index in [0.717, 1.165) is 35.4 Å². The molecule has 0 unspecified atom stereocenters. The average molecular weight is 315 g/mol. The summed E-state index contributed by atoms with van der Waals surface area (Å²) in [5.41, 5.74) is 2.76. The van der Waals surface area contributed by atoms with Crippen molar-refractivity contribution in [2.24, 2.45) is 0 Å². The highest BCUT2D eigenvalue weighted by Gasteiger charge is 2.12. The Morgan fingerprint density at radius 2 is 1.96 bits per heavy atom. The van der Waals surface area contributed by atoms with Gasteiger partial charge < -0.3 is 10.1 Å². The monoisotopic (exact) mass is 315 g/mol. The lowest BCUT2D eigenvalue weighted by atomic mass is 10.1. The first-order valence-electron chi connectivity index (χ1n) is 8.04. The first kappa shape index (κ1) is 17.1. The molecule has 1 N–H and O–H groups in total. The Balaban J connectivity index is 2.21. The summed E-state index contributed by atoms with van der Waals surface area (Å²) in [7, 11) is 1.65. The van der Waals surface area contributed by atoms with E-state index in [1.807, 2.05) is 38.1 Å². The Kier molecular flexibility index (Phi) is 5.79. The number of rotatable bonds is 7. The van der Waals surface area contributed by atoms with Crippen molar-refractivity contribution in [2.45, 2.75) is 46.2 Å². The van der Waals surface area contributed by atoms with Gasteiger partial charge in [-0.25, -0.2) is 4.68 Å². The SMILES string of the molecule is CCCc1c(NCc2ccc(OC)cc2)cnn(C(C)C)c1=O. The third kappa shape index (κ3) is 4.12. The number of ether oxygens (including phenoxy) is 1. The van der Waals surface area contributed by atoms with Gasteiger partial charge in [0.2, 0.25) is 0 Å². The predicted molar refractivity (Wildman–Crippen MR) is 93.2 cm³/mol. The number of aromatic nitrogens is 2. The summed E-state index contributed by atoms with van der Waals surface area (Å²) in [4.78, 5) is 12.6. The van der Waals surface area contributed by atoms with Gasteiger partial charge in [0.05, 0.1) is 25.0 Å². The lowest BCUT2D eigenvalue weighted by Gasteiger charge is -2.15. The van der Waals surface area contributed by atoms with Gasteiger partial charge in [-0.15, -0.1) is 0 Å². The third-order valence-corrected chi connectivity index (χ3v) is 3.73. The maximum Gasteiger partial charge on any atom is 0.272 e. The maximum absolute atomic E-state index is 12.6. The number of methoxy groups -OCH3 is 1. The fraction of sp³-hybridized carbons (Fsp3) is 0.444. The molecule has 0 amide bonds. The summed E-state index contributed by atoms with van der Waals surface area (Å²) in [5, 5.41) is 7.62. The van der Waals surface area contributed by atoms with Crippen LogP contribution in [0.4, 0.5) is 5.69 Å². The van der Waals surface area contributed by atoms with Gasteiger partial charge in [-0.3, -0.25) is 4.79 Å². The second kappa shape index (κ2) is 7.81. The van der Waals surface area contributed by atoms with Crippen LogP contribution in [0, 0.1) is 0 Å². The minimum absolute atomic E-state index is 0.00146. The second-order valence-corrected chi connectivity index (χ2v) is 5.83. The van der Waals surface area contributed by atoms with Crippen molar-refractivity contribution in [3.05, 3.63) is 51.9 Å². The highest BCUT2D eigenvalue weighted by atomic mass is 16.5. The molecule has 0 saturated carbocycles. The Labute approximate surface area is 137 Å². The lowest BCUT2D eigenvalue weighted by molar-refractivity contribution is 0.414. The van der Waals surface area contributed by atoms with Crippen molar-refractivity contribution < 1.29 is 4.74 Å². The number of anilines is 1. The van der Waals surface area contributed by atoms with Crippen molar-refractivity contribution in [1.29, 1.82) is 0 Å². The molecule has 0 bridgehead atoms. The molecule has 1 aromatic heterocycles. The van der Waals surface area contributed by atoms with Gasteiger partial charge >= 0.3 is 0 Å². The van der Waals surface area contributed by atoms with Gasteiger partial charge in [-0.1, -0.05) is 25.5 Å². The molecule has 0 fully saturated rings. The number of nitrogens with zero attached hydrogens (tertiary/aromatic N) is 2. The molecular weight excluding hydrogens is 290 g/mol. The van der Waals surface area contributed by atoms with E-state index in [1.54, 1.807) is 18.0 Å². The molecule has 5 nitrogen and oxygen atoms in total. The fourth-order valence-corrected chi connectivity index (χ4v) is 2.46. The van der Waals surface area contributed by atoms with E-state index in [1.165, 1.54) is 0 Å². The lowest BCUT2D eigenvalue weighted by Crippen LogP contribution is -2.28. The largest absolute Gasteiger partial charge is 0.497 e. The quantitative estimate of drug-likeness (QED) is 0.851. The number of nitrogens with one attached hydrogen (secondary N) is 1. The number of hydrogen-bond acceptors (Lipinski definition) is 4. The molecule has 5 heteroatoms. The zero-order valence-corrected chi connectivity index (χ0v) is 14.3. The van der Waals surface area contributed by atoms with Crippen LogP contribution in [0.5, 0.6) is 5.75 Å². The smallest absolute Gasteiger partial charge is 0.272 e. The molecule has 0 aliphatic heterocycles. The Bertz CT molecular complexity index is 690.